The van der Waals surface area contributed by atoms with Crippen molar-refractivity contribution in [2.45, 2.75) is 64.3 Å². The number of nitrogens with zero attached hydrogens (tertiary/aromatic N) is 6. The van der Waals surface area contributed by atoms with Crippen LogP contribution in [0.25, 0.3) is 10.9 Å². The zero-order valence-corrected chi connectivity index (χ0v) is 27.9. The molecule has 2 fully saturated rings. The van der Waals surface area contributed by atoms with Crippen LogP contribution in [0.5, 0.6) is 11.6 Å². The van der Waals surface area contributed by atoms with E-state index in [4.69, 9.17) is 20.9 Å². The van der Waals surface area contributed by atoms with Gasteiger partial charge in [-0.25, -0.2) is 14.4 Å². The number of aromatic nitrogens is 3. The Morgan fingerprint density at radius 2 is 1.96 bits per heavy atom. The second-order valence-corrected chi connectivity index (χ2v) is 13.8. The molecule has 4 atom stereocenters. The van der Waals surface area contributed by atoms with Crippen LogP contribution < -0.4 is 36.2 Å². The van der Waals surface area contributed by atoms with E-state index in [0.717, 1.165) is 43.6 Å². The number of benzene rings is 1. The van der Waals surface area contributed by atoms with Crippen LogP contribution >= 0.6 is 0 Å². The predicted molar refractivity (Wildman–Crippen MR) is 186 cm³/mol. The number of methoxy groups -OCH3 is 1. The van der Waals surface area contributed by atoms with Crippen molar-refractivity contribution in [3.8, 4) is 11.6 Å². The summed E-state index contributed by atoms with van der Waals surface area (Å²) < 4.78 is 29.9. The summed E-state index contributed by atoms with van der Waals surface area (Å²) in [7, 11) is 1.61. The van der Waals surface area contributed by atoms with Crippen molar-refractivity contribution in [3.63, 3.8) is 0 Å². The smallest absolute Gasteiger partial charge is 0.213 e. The maximum atomic E-state index is 16.2. The molecule has 0 saturated carbocycles. The van der Waals surface area contributed by atoms with E-state index in [0.29, 0.717) is 78.3 Å². The zero-order valence-electron chi connectivity index (χ0n) is 27.9. The lowest BCUT2D eigenvalue weighted by Gasteiger charge is -2.41. The summed E-state index contributed by atoms with van der Waals surface area (Å²) >= 11 is 0. The van der Waals surface area contributed by atoms with Crippen LogP contribution in [0.2, 0.25) is 0 Å². The molecule has 11 nitrogen and oxygen atoms in total. The van der Waals surface area contributed by atoms with Gasteiger partial charge in [-0.15, -0.1) is 0 Å². The molecule has 3 aliphatic rings. The minimum Gasteiger partial charge on any atom is -0.487 e. The quantitative estimate of drug-likeness (QED) is 0.283. The second-order valence-electron chi connectivity index (χ2n) is 13.8. The minimum absolute atomic E-state index is 0.0405. The van der Waals surface area contributed by atoms with E-state index in [1.165, 1.54) is 6.07 Å². The highest BCUT2D eigenvalue weighted by atomic mass is 19.1. The van der Waals surface area contributed by atoms with Gasteiger partial charge >= 0.3 is 0 Å². The van der Waals surface area contributed by atoms with Crippen molar-refractivity contribution in [2.24, 2.45) is 11.7 Å². The van der Waals surface area contributed by atoms with E-state index in [9.17, 15) is 4.79 Å². The molecule has 4 N–H and O–H groups in total. The van der Waals surface area contributed by atoms with Gasteiger partial charge in [0.2, 0.25) is 5.88 Å². The molecule has 4 aromatic rings. The van der Waals surface area contributed by atoms with E-state index in [-0.39, 0.29) is 23.6 Å². The molecule has 2 saturated heterocycles. The van der Waals surface area contributed by atoms with Crippen LogP contribution in [-0.2, 0) is 13.1 Å². The molecule has 0 amide bonds. The Morgan fingerprint density at radius 3 is 2.73 bits per heavy atom. The first-order chi connectivity index (χ1) is 23.2. The van der Waals surface area contributed by atoms with Crippen LogP contribution in [0.1, 0.15) is 50.3 Å². The molecule has 0 spiro atoms. The molecular formula is C36H45FN8O3. The van der Waals surface area contributed by atoms with Crippen molar-refractivity contribution in [1.29, 1.82) is 0 Å². The fourth-order valence-electron chi connectivity index (χ4n) is 7.76. The van der Waals surface area contributed by atoms with E-state index < -0.39 is 5.82 Å². The highest BCUT2D eigenvalue weighted by molar-refractivity contribution is 5.92. The monoisotopic (exact) mass is 656 g/mol. The third-order valence-corrected chi connectivity index (χ3v) is 10.0. The Balaban J connectivity index is 1.28. The third kappa shape index (κ3) is 6.26. The number of pyridine rings is 3. The third-order valence-electron chi connectivity index (χ3n) is 10.0. The molecule has 1 aromatic carbocycles. The summed E-state index contributed by atoms with van der Waals surface area (Å²) in [5, 5.41) is 0.341. The molecule has 254 valence electrons. The Hall–Kier alpha value is -4.42. The standard InChI is InChI=1S/C36H45FN8O3/c1-22-11-26(38)19-44(15-22)34-30(37)13-29-33-36(34)48-21-23(2)45(33)18-25(35(29)46)17-43(16-24-8-9-40-32(12-24)47-3)28-5-4-10-42(20-28)27-6-7-31(39)41-14-27/h6-9,12-14,18,22-23,26,28H,4-5,10-11,15-17,19-21,38H2,1-3H3,(H2,39,41)/t22-,23?,26-,28+/m1/s1. The van der Waals surface area contributed by atoms with Gasteiger partial charge in [0.25, 0.3) is 0 Å². The number of halogens is 1. The van der Waals surface area contributed by atoms with Gasteiger partial charge in [-0.3, -0.25) is 9.69 Å². The lowest BCUT2D eigenvalue weighted by molar-refractivity contribution is 0.157. The van der Waals surface area contributed by atoms with Crippen LogP contribution in [0, 0.1) is 11.7 Å². The molecule has 48 heavy (non-hydrogen) atoms. The maximum absolute atomic E-state index is 16.2. The van der Waals surface area contributed by atoms with Gasteiger partial charge < -0.3 is 35.3 Å². The van der Waals surface area contributed by atoms with Crippen LogP contribution in [0.15, 0.2) is 53.7 Å². The summed E-state index contributed by atoms with van der Waals surface area (Å²) in [6.07, 6.45) is 8.37. The number of anilines is 3. The molecule has 12 heteroatoms. The van der Waals surface area contributed by atoms with Crippen molar-refractivity contribution >= 4 is 28.1 Å². The molecule has 0 radical (unpaired) electrons. The van der Waals surface area contributed by atoms with Gasteiger partial charge in [-0.2, -0.15) is 0 Å². The SMILES string of the molecule is COc1cc(CN(Cc2cn3c4c(c(N5C[C@H](C)C[C@@H](N)C5)c(F)cc4c2=O)OCC3C)[C@H]2CCCN(c3ccc(N)nc3)C2)ccn1. The van der Waals surface area contributed by atoms with Crippen LogP contribution in [0.3, 0.4) is 0 Å². The van der Waals surface area contributed by atoms with E-state index in [2.05, 4.69) is 38.2 Å². The average Bonchev–Trinajstić information content (AvgIpc) is 3.07. The molecule has 3 aliphatic heterocycles. The first-order valence-corrected chi connectivity index (χ1v) is 16.9. The lowest BCUT2D eigenvalue weighted by Crippen LogP contribution is -2.48. The van der Waals surface area contributed by atoms with Gasteiger partial charge in [0.15, 0.2) is 17.0 Å². The fourth-order valence-corrected chi connectivity index (χ4v) is 7.76. The van der Waals surface area contributed by atoms with E-state index in [1.54, 1.807) is 13.3 Å². The summed E-state index contributed by atoms with van der Waals surface area (Å²) in [4.78, 5) is 29.6. The summed E-state index contributed by atoms with van der Waals surface area (Å²) in [5.41, 5.74) is 15.8. The molecule has 0 bridgehead atoms. The Kier molecular flexibility index (Phi) is 8.86. The topological polar surface area (TPSA) is 128 Å². The van der Waals surface area contributed by atoms with Crippen molar-refractivity contribution < 1.29 is 13.9 Å². The van der Waals surface area contributed by atoms with Gasteiger partial charge in [0.05, 0.1) is 35.9 Å². The lowest BCUT2D eigenvalue weighted by atomic mass is 9.95. The summed E-state index contributed by atoms with van der Waals surface area (Å²) in [6.45, 7) is 8.45. The molecule has 7 rings (SSSR count). The molecular weight excluding hydrogens is 611 g/mol. The Bertz CT molecular complexity index is 1840. The Morgan fingerprint density at radius 1 is 1.10 bits per heavy atom. The molecule has 1 unspecified atom stereocenters. The predicted octanol–water partition coefficient (Wildman–Crippen LogP) is 4.32. The number of rotatable bonds is 8. The van der Waals surface area contributed by atoms with Crippen LogP contribution in [-0.4, -0.2) is 71.4 Å². The van der Waals surface area contributed by atoms with Gasteiger partial charge in [0, 0.05) is 75.4 Å². The number of nitrogens with two attached hydrogens (primary N) is 2. The average molecular weight is 657 g/mol. The van der Waals surface area contributed by atoms with Crippen LogP contribution in [0.4, 0.5) is 21.6 Å². The summed E-state index contributed by atoms with van der Waals surface area (Å²) in [5.74, 6) is 1.34. The number of hydrogen-bond donors (Lipinski definition) is 2. The first-order valence-electron chi connectivity index (χ1n) is 16.9. The number of nitrogen functional groups attached to an aromatic ring is 1. The summed E-state index contributed by atoms with van der Waals surface area (Å²) in [6, 6.07) is 9.20. The second kappa shape index (κ2) is 13.2. The number of ether oxygens (including phenoxy) is 2. The molecule has 0 aliphatic carbocycles. The first kappa shape index (κ1) is 32.1. The largest absolute Gasteiger partial charge is 0.487 e. The number of piperidine rings is 2. The Labute approximate surface area is 280 Å². The molecule has 3 aromatic heterocycles. The van der Waals surface area contributed by atoms with Crippen molar-refractivity contribution in [3.05, 3.63) is 76.1 Å². The highest BCUT2D eigenvalue weighted by Crippen LogP contribution is 2.43. The maximum Gasteiger partial charge on any atom is 0.213 e. The van der Waals surface area contributed by atoms with Gasteiger partial charge in [0.1, 0.15) is 18.1 Å². The van der Waals surface area contributed by atoms with Gasteiger partial charge in [-0.1, -0.05) is 6.92 Å². The zero-order chi connectivity index (χ0) is 33.5. The number of hydrogen-bond acceptors (Lipinski definition) is 10. The van der Waals surface area contributed by atoms with Crippen molar-refractivity contribution in [1.82, 2.24) is 19.4 Å². The van der Waals surface area contributed by atoms with E-state index >= 15 is 4.39 Å². The highest BCUT2D eigenvalue weighted by Gasteiger charge is 2.33. The normalized spacial score (nSPS) is 22.6. The minimum atomic E-state index is -0.449. The van der Waals surface area contributed by atoms with E-state index in [1.807, 2.05) is 41.6 Å². The molecule has 6 heterocycles. The van der Waals surface area contributed by atoms with Gasteiger partial charge in [-0.05, 0) is 61.9 Å². The fraction of sp³-hybridized carbons (Fsp3) is 0.472. The van der Waals surface area contributed by atoms with Crippen molar-refractivity contribution in [2.75, 3.05) is 55.4 Å².